The van der Waals surface area contributed by atoms with Crippen LogP contribution in [0.25, 0.3) is 0 Å². The molecule has 0 aliphatic rings. The number of esters is 1. The van der Waals surface area contributed by atoms with Crippen LogP contribution in [0.4, 0.5) is 0 Å². The number of ether oxygens (including phenoxy) is 1. The largest absolute Gasteiger partial charge is 0.461 e. The van der Waals surface area contributed by atoms with Crippen LogP contribution < -0.4 is 0 Å². The highest BCUT2D eigenvalue weighted by Crippen LogP contribution is 2.12. The fraction of sp³-hybridized carbons (Fsp3) is 0.417. The second kappa shape index (κ2) is 5.91. The molecule has 1 rings (SSSR count). The van der Waals surface area contributed by atoms with Gasteiger partial charge < -0.3 is 4.74 Å². The minimum atomic E-state index is -0.229. The summed E-state index contributed by atoms with van der Waals surface area (Å²) in [5.41, 5.74) is 2.46. The Morgan fingerprint density at radius 2 is 2.13 bits per heavy atom. The molecule has 1 aromatic rings. The maximum absolute atomic E-state index is 10.8. The first-order valence-corrected chi connectivity index (χ1v) is 6.03. The van der Waals surface area contributed by atoms with Crippen LogP contribution in [0.2, 0.25) is 0 Å². The molecule has 0 spiro atoms. The van der Waals surface area contributed by atoms with Crippen LogP contribution >= 0.6 is 15.9 Å². The molecular formula is C12H15BrO2. The highest BCUT2D eigenvalue weighted by Gasteiger charge is 2.12. The second-order valence-corrected chi connectivity index (χ2v) is 4.16. The molecule has 2 nitrogen and oxygen atoms in total. The quantitative estimate of drug-likeness (QED) is 0.621. The molecule has 0 fully saturated rings. The van der Waals surface area contributed by atoms with Gasteiger partial charge in [-0.15, -0.1) is 0 Å². The minimum absolute atomic E-state index is 0.0800. The highest BCUT2D eigenvalue weighted by atomic mass is 79.9. The summed E-state index contributed by atoms with van der Waals surface area (Å²) in [4.78, 5) is 10.8. The van der Waals surface area contributed by atoms with Crippen LogP contribution in [-0.4, -0.2) is 17.4 Å². The lowest BCUT2D eigenvalue weighted by molar-refractivity contribution is -0.145. The van der Waals surface area contributed by atoms with Gasteiger partial charge in [0, 0.05) is 18.7 Å². The maximum atomic E-state index is 10.8. The Hall–Kier alpha value is -0.830. The lowest BCUT2D eigenvalue weighted by Crippen LogP contribution is -2.20. The molecule has 3 heteroatoms. The van der Waals surface area contributed by atoms with Crippen molar-refractivity contribution in [1.82, 2.24) is 0 Å². The Bertz CT molecular complexity index is 336. The summed E-state index contributed by atoms with van der Waals surface area (Å²) < 4.78 is 5.17. The van der Waals surface area contributed by atoms with Crippen molar-refractivity contribution in [1.29, 1.82) is 0 Å². The van der Waals surface area contributed by atoms with E-state index in [2.05, 4.69) is 35.0 Å². The van der Waals surface area contributed by atoms with Crippen LogP contribution in [0.1, 0.15) is 18.1 Å². The molecule has 0 aliphatic carbocycles. The van der Waals surface area contributed by atoms with Gasteiger partial charge in [-0.2, -0.15) is 0 Å². The summed E-state index contributed by atoms with van der Waals surface area (Å²) in [5, 5.41) is 0.668. The van der Waals surface area contributed by atoms with Crippen LogP contribution in [0.3, 0.4) is 0 Å². The number of hydrogen-bond donors (Lipinski definition) is 0. The summed E-state index contributed by atoms with van der Waals surface area (Å²) in [5.74, 6) is -0.229. The normalized spacial score (nSPS) is 12.2. The number of rotatable bonds is 4. The number of halogens is 1. The predicted octanol–water partition coefficient (Wildman–Crippen LogP) is 2.86. The molecule has 0 aromatic heterocycles. The van der Waals surface area contributed by atoms with Crippen molar-refractivity contribution in [3.05, 3.63) is 35.4 Å². The SMILES string of the molecule is CC(=O)OC(CBr)Cc1ccccc1C. The zero-order chi connectivity index (χ0) is 11.3. The molecule has 0 aliphatic heterocycles. The van der Waals surface area contributed by atoms with E-state index in [0.29, 0.717) is 5.33 Å². The van der Waals surface area contributed by atoms with E-state index in [9.17, 15) is 4.79 Å². The number of benzene rings is 1. The van der Waals surface area contributed by atoms with Crippen molar-refractivity contribution in [2.75, 3.05) is 5.33 Å². The molecule has 0 heterocycles. The molecule has 1 unspecified atom stereocenters. The molecule has 0 amide bonds. The Kier molecular flexibility index (Phi) is 4.82. The Morgan fingerprint density at radius 3 is 2.67 bits per heavy atom. The van der Waals surface area contributed by atoms with E-state index >= 15 is 0 Å². The first kappa shape index (κ1) is 12.2. The molecule has 1 aromatic carbocycles. The number of aryl methyl sites for hydroxylation is 1. The van der Waals surface area contributed by atoms with E-state index in [1.807, 2.05) is 12.1 Å². The standard InChI is InChI=1S/C12H15BrO2/c1-9-5-3-4-6-11(9)7-12(8-13)15-10(2)14/h3-6,12H,7-8H2,1-2H3. The zero-order valence-corrected chi connectivity index (χ0v) is 10.6. The van der Waals surface area contributed by atoms with Gasteiger partial charge >= 0.3 is 5.97 Å². The first-order chi connectivity index (χ1) is 7.13. The van der Waals surface area contributed by atoms with Gasteiger partial charge in [0.15, 0.2) is 0 Å². The highest BCUT2D eigenvalue weighted by molar-refractivity contribution is 9.09. The van der Waals surface area contributed by atoms with Gasteiger partial charge in [0.1, 0.15) is 6.10 Å². The van der Waals surface area contributed by atoms with Crippen molar-refractivity contribution in [2.24, 2.45) is 0 Å². The van der Waals surface area contributed by atoms with E-state index in [1.165, 1.54) is 18.1 Å². The molecular weight excluding hydrogens is 256 g/mol. The topological polar surface area (TPSA) is 26.3 Å². The third kappa shape index (κ3) is 4.04. The summed E-state index contributed by atoms with van der Waals surface area (Å²) in [6.45, 7) is 3.50. The lowest BCUT2D eigenvalue weighted by atomic mass is 10.0. The third-order valence-electron chi connectivity index (χ3n) is 2.21. The van der Waals surface area contributed by atoms with E-state index in [0.717, 1.165) is 6.42 Å². The van der Waals surface area contributed by atoms with Gasteiger partial charge in [-0.25, -0.2) is 0 Å². The van der Waals surface area contributed by atoms with Crippen molar-refractivity contribution < 1.29 is 9.53 Å². The smallest absolute Gasteiger partial charge is 0.302 e. The Balaban J connectivity index is 2.66. The molecule has 82 valence electrons. The Morgan fingerprint density at radius 1 is 1.47 bits per heavy atom. The van der Waals surface area contributed by atoms with Crippen molar-refractivity contribution >= 4 is 21.9 Å². The van der Waals surface area contributed by atoms with Crippen molar-refractivity contribution in [3.63, 3.8) is 0 Å². The fourth-order valence-corrected chi connectivity index (χ4v) is 1.81. The molecule has 0 saturated carbocycles. The van der Waals surface area contributed by atoms with E-state index in [4.69, 9.17) is 4.74 Å². The fourth-order valence-electron chi connectivity index (χ4n) is 1.45. The first-order valence-electron chi connectivity index (χ1n) is 4.91. The predicted molar refractivity (Wildman–Crippen MR) is 64.2 cm³/mol. The molecule has 0 saturated heterocycles. The minimum Gasteiger partial charge on any atom is -0.461 e. The molecule has 15 heavy (non-hydrogen) atoms. The van der Waals surface area contributed by atoms with Crippen LogP contribution in [0, 0.1) is 6.92 Å². The van der Waals surface area contributed by atoms with Gasteiger partial charge in [0.25, 0.3) is 0 Å². The van der Waals surface area contributed by atoms with Crippen LogP contribution in [-0.2, 0) is 16.0 Å². The summed E-state index contributed by atoms with van der Waals surface area (Å²) in [6.07, 6.45) is 0.681. The molecule has 0 bridgehead atoms. The van der Waals surface area contributed by atoms with Gasteiger partial charge in [-0.1, -0.05) is 40.2 Å². The average molecular weight is 271 g/mol. The third-order valence-corrected chi connectivity index (χ3v) is 2.94. The number of alkyl halides is 1. The second-order valence-electron chi connectivity index (χ2n) is 3.52. The van der Waals surface area contributed by atoms with Crippen LogP contribution in [0.5, 0.6) is 0 Å². The molecule has 0 radical (unpaired) electrons. The summed E-state index contributed by atoms with van der Waals surface area (Å²) >= 11 is 3.35. The summed E-state index contributed by atoms with van der Waals surface area (Å²) in [6, 6.07) is 8.14. The van der Waals surface area contributed by atoms with Gasteiger partial charge in [-0.3, -0.25) is 4.79 Å². The molecule has 1 atom stereocenters. The lowest BCUT2D eigenvalue weighted by Gasteiger charge is -2.15. The maximum Gasteiger partial charge on any atom is 0.302 e. The van der Waals surface area contributed by atoms with Gasteiger partial charge in [0.2, 0.25) is 0 Å². The number of carbonyl (C=O) groups is 1. The van der Waals surface area contributed by atoms with Gasteiger partial charge in [0.05, 0.1) is 0 Å². The van der Waals surface area contributed by atoms with E-state index in [-0.39, 0.29) is 12.1 Å². The average Bonchev–Trinajstić information content (AvgIpc) is 2.19. The molecule has 0 N–H and O–H groups in total. The van der Waals surface area contributed by atoms with E-state index in [1.54, 1.807) is 0 Å². The summed E-state index contributed by atoms with van der Waals surface area (Å²) in [7, 11) is 0. The van der Waals surface area contributed by atoms with Crippen molar-refractivity contribution in [2.45, 2.75) is 26.4 Å². The van der Waals surface area contributed by atoms with E-state index < -0.39 is 0 Å². The van der Waals surface area contributed by atoms with Gasteiger partial charge in [-0.05, 0) is 18.1 Å². The number of hydrogen-bond acceptors (Lipinski definition) is 2. The monoisotopic (exact) mass is 270 g/mol. The van der Waals surface area contributed by atoms with Crippen LogP contribution in [0.15, 0.2) is 24.3 Å². The number of carbonyl (C=O) groups excluding carboxylic acids is 1. The van der Waals surface area contributed by atoms with Crippen molar-refractivity contribution in [3.8, 4) is 0 Å². The zero-order valence-electron chi connectivity index (χ0n) is 9.00. The Labute approximate surface area is 98.8 Å².